The number of nitrogen functional groups attached to an aromatic ring is 1. The topological polar surface area (TPSA) is 55.1 Å². The molecule has 0 aliphatic rings. The monoisotopic (exact) mass is 358 g/mol. The summed E-state index contributed by atoms with van der Waals surface area (Å²) >= 11 is 6.58. The van der Waals surface area contributed by atoms with Crippen molar-refractivity contribution in [3.8, 4) is 0 Å². The molecular weight excluding hydrogens is 344 g/mol. The van der Waals surface area contributed by atoms with Crippen molar-refractivity contribution < 1.29 is 4.79 Å². The Morgan fingerprint density at radius 2 is 2.32 bits per heavy atom. The van der Waals surface area contributed by atoms with E-state index in [0.717, 1.165) is 14.6 Å². The van der Waals surface area contributed by atoms with Crippen LogP contribution in [-0.4, -0.2) is 24.0 Å². The van der Waals surface area contributed by atoms with Gasteiger partial charge in [0.15, 0.2) is 0 Å². The van der Waals surface area contributed by atoms with Gasteiger partial charge >= 0.3 is 0 Å². The van der Waals surface area contributed by atoms with Crippen LogP contribution in [0.5, 0.6) is 0 Å². The third kappa shape index (κ3) is 3.24. The van der Waals surface area contributed by atoms with E-state index in [1.54, 1.807) is 11.8 Å². The zero-order chi connectivity index (χ0) is 14.0. The van der Waals surface area contributed by atoms with Crippen molar-refractivity contribution in [1.82, 2.24) is 5.32 Å². The molecular formula is C13H15BrN2OS2. The molecule has 0 bridgehead atoms. The second kappa shape index (κ2) is 6.15. The summed E-state index contributed by atoms with van der Waals surface area (Å²) in [5.41, 5.74) is 6.64. The van der Waals surface area contributed by atoms with E-state index in [1.807, 2.05) is 24.5 Å². The summed E-state index contributed by atoms with van der Waals surface area (Å²) < 4.78 is 2.00. The van der Waals surface area contributed by atoms with E-state index in [2.05, 4.69) is 28.2 Å². The van der Waals surface area contributed by atoms with Gasteiger partial charge in [-0.2, -0.15) is 11.8 Å². The quantitative estimate of drug-likeness (QED) is 0.875. The van der Waals surface area contributed by atoms with Crippen LogP contribution in [0.25, 0.3) is 10.1 Å². The van der Waals surface area contributed by atoms with Crippen LogP contribution in [0.15, 0.2) is 22.7 Å². The van der Waals surface area contributed by atoms with Gasteiger partial charge in [0.2, 0.25) is 0 Å². The lowest BCUT2D eigenvalue weighted by Gasteiger charge is -2.09. The first-order valence-corrected chi connectivity index (χ1v) is 8.71. The highest BCUT2D eigenvalue weighted by Gasteiger charge is 2.16. The van der Waals surface area contributed by atoms with E-state index < -0.39 is 0 Å². The first kappa shape index (κ1) is 14.7. The molecule has 0 fully saturated rings. The van der Waals surface area contributed by atoms with Crippen molar-refractivity contribution in [2.24, 2.45) is 0 Å². The molecule has 1 aromatic heterocycles. The Balaban J connectivity index is 2.25. The molecule has 0 spiro atoms. The number of fused-ring (bicyclic) bond motifs is 1. The number of thiophene rings is 1. The maximum absolute atomic E-state index is 12.1. The highest BCUT2D eigenvalue weighted by atomic mass is 79.9. The fourth-order valence-corrected chi connectivity index (χ4v) is 3.29. The van der Waals surface area contributed by atoms with E-state index in [0.29, 0.717) is 22.4 Å². The summed E-state index contributed by atoms with van der Waals surface area (Å²) in [5, 5.41) is 4.25. The molecule has 0 saturated carbocycles. The van der Waals surface area contributed by atoms with Gasteiger partial charge in [-0.1, -0.05) is 22.9 Å². The van der Waals surface area contributed by atoms with Crippen LogP contribution in [0.1, 0.15) is 16.6 Å². The molecule has 19 heavy (non-hydrogen) atoms. The molecule has 0 aliphatic carbocycles. The molecule has 1 aromatic carbocycles. The number of amides is 1. The van der Waals surface area contributed by atoms with Crippen LogP contribution >= 0.6 is 39.0 Å². The van der Waals surface area contributed by atoms with E-state index in [4.69, 9.17) is 5.73 Å². The third-order valence-electron chi connectivity index (χ3n) is 2.85. The Bertz CT molecular complexity index is 612. The summed E-state index contributed by atoms with van der Waals surface area (Å²) in [4.78, 5) is 12.7. The fraction of sp³-hybridized carbons (Fsp3) is 0.308. The van der Waals surface area contributed by atoms with Gasteiger partial charge in [0.1, 0.15) is 4.88 Å². The van der Waals surface area contributed by atoms with Gasteiger partial charge in [-0.15, -0.1) is 11.3 Å². The zero-order valence-electron chi connectivity index (χ0n) is 10.7. The SMILES string of the molecule is CSC(C)CNC(=O)c1sc2ccc(Br)cc2c1N. The van der Waals surface area contributed by atoms with Crippen molar-refractivity contribution in [2.75, 3.05) is 18.5 Å². The van der Waals surface area contributed by atoms with Gasteiger partial charge in [-0.25, -0.2) is 0 Å². The minimum absolute atomic E-state index is 0.0873. The molecule has 0 radical (unpaired) electrons. The number of thioether (sulfide) groups is 1. The van der Waals surface area contributed by atoms with Gasteiger partial charge in [0.05, 0.1) is 5.69 Å². The van der Waals surface area contributed by atoms with Crippen molar-refractivity contribution in [1.29, 1.82) is 0 Å². The molecule has 6 heteroatoms. The number of carbonyl (C=O) groups excluding carboxylic acids is 1. The lowest BCUT2D eigenvalue weighted by molar-refractivity contribution is 0.0959. The lowest BCUT2D eigenvalue weighted by Crippen LogP contribution is -2.29. The Morgan fingerprint density at radius 1 is 1.58 bits per heavy atom. The standard InChI is InChI=1S/C13H15BrN2OS2/c1-7(18-2)6-16-13(17)12-11(15)9-5-8(14)3-4-10(9)19-12/h3-5,7H,6,15H2,1-2H3,(H,16,17). The Labute approximate surface area is 129 Å². The van der Waals surface area contributed by atoms with Crippen molar-refractivity contribution in [2.45, 2.75) is 12.2 Å². The van der Waals surface area contributed by atoms with Gasteiger partial charge in [-0.3, -0.25) is 4.79 Å². The van der Waals surface area contributed by atoms with Crippen LogP contribution in [0.3, 0.4) is 0 Å². The minimum atomic E-state index is -0.0873. The predicted molar refractivity (Wildman–Crippen MR) is 89.2 cm³/mol. The highest BCUT2D eigenvalue weighted by Crippen LogP contribution is 2.35. The number of nitrogens with one attached hydrogen (secondary N) is 1. The maximum Gasteiger partial charge on any atom is 0.263 e. The van der Waals surface area contributed by atoms with E-state index in [1.165, 1.54) is 11.3 Å². The molecule has 2 aromatic rings. The molecule has 2 rings (SSSR count). The fourth-order valence-electron chi connectivity index (χ4n) is 1.66. The maximum atomic E-state index is 12.1. The summed E-state index contributed by atoms with van der Waals surface area (Å²) in [5.74, 6) is -0.0873. The summed E-state index contributed by atoms with van der Waals surface area (Å²) in [6.07, 6.45) is 2.03. The predicted octanol–water partition coefficient (Wildman–Crippen LogP) is 3.73. The Morgan fingerprint density at radius 3 is 3.00 bits per heavy atom. The number of anilines is 1. The van der Waals surface area contributed by atoms with Gasteiger partial charge in [0, 0.05) is 26.4 Å². The number of benzene rings is 1. The average molecular weight is 359 g/mol. The van der Waals surface area contributed by atoms with Gasteiger partial charge < -0.3 is 11.1 Å². The number of rotatable bonds is 4. The normalized spacial score (nSPS) is 12.6. The Kier molecular flexibility index (Phi) is 4.76. The minimum Gasteiger partial charge on any atom is -0.397 e. The second-order valence-corrected chi connectivity index (χ2v) is 7.49. The number of hydrogen-bond donors (Lipinski definition) is 2. The molecule has 1 unspecified atom stereocenters. The van der Waals surface area contributed by atoms with Gasteiger partial charge in [-0.05, 0) is 24.5 Å². The van der Waals surface area contributed by atoms with Crippen LogP contribution in [0.4, 0.5) is 5.69 Å². The van der Waals surface area contributed by atoms with E-state index in [9.17, 15) is 4.79 Å². The molecule has 0 saturated heterocycles. The van der Waals surface area contributed by atoms with Crippen LogP contribution in [0, 0.1) is 0 Å². The first-order chi connectivity index (χ1) is 9.02. The van der Waals surface area contributed by atoms with Gasteiger partial charge in [0.25, 0.3) is 5.91 Å². The zero-order valence-corrected chi connectivity index (χ0v) is 13.9. The summed E-state index contributed by atoms with van der Waals surface area (Å²) in [7, 11) is 0. The first-order valence-electron chi connectivity index (χ1n) is 5.81. The van der Waals surface area contributed by atoms with Crippen LogP contribution < -0.4 is 11.1 Å². The molecule has 0 aliphatic heterocycles. The lowest BCUT2D eigenvalue weighted by atomic mass is 10.2. The Hall–Kier alpha value is -0.720. The molecule has 1 atom stereocenters. The second-order valence-electron chi connectivity index (χ2n) is 4.24. The number of nitrogens with two attached hydrogens (primary N) is 1. The van der Waals surface area contributed by atoms with Crippen LogP contribution in [0.2, 0.25) is 0 Å². The van der Waals surface area contributed by atoms with E-state index >= 15 is 0 Å². The largest absolute Gasteiger partial charge is 0.397 e. The number of carbonyl (C=O) groups is 1. The molecule has 1 heterocycles. The van der Waals surface area contributed by atoms with E-state index in [-0.39, 0.29) is 5.91 Å². The average Bonchev–Trinajstić information content (AvgIpc) is 2.73. The number of halogens is 1. The summed E-state index contributed by atoms with van der Waals surface area (Å²) in [6, 6.07) is 5.87. The van der Waals surface area contributed by atoms with Crippen molar-refractivity contribution >= 4 is 60.7 Å². The summed E-state index contributed by atoms with van der Waals surface area (Å²) in [6.45, 7) is 2.73. The van der Waals surface area contributed by atoms with Crippen molar-refractivity contribution in [3.05, 3.63) is 27.5 Å². The molecule has 3 N–H and O–H groups in total. The molecule has 1 amide bonds. The van der Waals surface area contributed by atoms with Crippen LogP contribution in [-0.2, 0) is 0 Å². The third-order valence-corrected chi connectivity index (χ3v) is 5.50. The molecule has 102 valence electrons. The molecule has 3 nitrogen and oxygen atoms in total. The van der Waals surface area contributed by atoms with Crippen molar-refractivity contribution in [3.63, 3.8) is 0 Å². The smallest absolute Gasteiger partial charge is 0.263 e. The number of hydrogen-bond acceptors (Lipinski definition) is 4. The highest BCUT2D eigenvalue weighted by molar-refractivity contribution is 9.10.